The number of carbonyl (C=O) groups excluding carboxylic acids is 1. The Balaban J connectivity index is 1.61. The Morgan fingerprint density at radius 2 is 2.25 bits per heavy atom. The molecule has 0 bridgehead atoms. The molecule has 0 aliphatic rings. The van der Waals surface area contributed by atoms with E-state index in [2.05, 4.69) is 15.4 Å². The topological polar surface area (TPSA) is 63.1 Å². The van der Waals surface area contributed by atoms with Crippen molar-refractivity contribution in [2.45, 2.75) is 20.0 Å². The second kappa shape index (κ2) is 7.27. The van der Waals surface area contributed by atoms with Gasteiger partial charge in [-0.05, 0) is 30.7 Å². The molecule has 7 heteroatoms. The van der Waals surface area contributed by atoms with Crippen molar-refractivity contribution < 1.29 is 4.79 Å². The third kappa shape index (κ3) is 4.20. The van der Waals surface area contributed by atoms with Gasteiger partial charge in [0.2, 0.25) is 0 Å². The van der Waals surface area contributed by atoms with Gasteiger partial charge in [0.15, 0.2) is 0 Å². The molecule has 0 aliphatic heterocycles. The van der Waals surface area contributed by atoms with E-state index in [9.17, 15) is 4.79 Å². The van der Waals surface area contributed by atoms with Crippen LogP contribution in [0.1, 0.15) is 15.4 Å². The molecule has 1 N–H and O–H groups in total. The molecule has 1 aromatic carbocycles. The number of hydrogen-bond donors (Lipinski definition) is 1. The lowest BCUT2D eigenvalue weighted by atomic mass is 10.2. The van der Waals surface area contributed by atoms with Crippen LogP contribution in [0.5, 0.6) is 0 Å². The zero-order valence-electron chi connectivity index (χ0n) is 13.6. The Morgan fingerprint density at radius 1 is 1.38 bits per heavy atom. The van der Waals surface area contributed by atoms with Gasteiger partial charge in [-0.25, -0.2) is 9.78 Å². The summed E-state index contributed by atoms with van der Waals surface area (Å²) in [6, 6.07) is 9.54. The zero-order chi connectivity index (χ0) is 16.9. The summed E-state index contributed by atoms with van der Waals surface area (Å²) in [6.07, 6.45) is 5.48. The molecule has 2 heterocycles. The van der Waals surface area contributed by atoms with E-state index in [0.29, 0.717) is 13.1 Å². The van der Waals surface area contributed by atoms with Crippen LogP contribution in [0.4, 0.5) is 10.5 Å². The molecule has 0 unspecified atom stereocenters. The van der Waals surface area contributed by atoms with Crippen molar-refractivity contribution in [2.24, 2.45) is 0 Å². The lowest BCUT2D eigenvalue weighted by Gasteiger charge is -2.17. The molecule has 124 valence electrons. The third-order valence-corrected chi connectivity index (χ3v) is 4.39. The summed E-state index contributed by atoms with van der Waals surface area (Å²) >= 11 is 1.60. The number of thiazole rings is 1. The van der Waals surface area contributed by atoms with E-state index in [-0.39, 0.29) is 6.03 Å². The largest absolute Gasteiger partial charge is 0.322 e. The first-order valence-corrected chi connectivity index (χ1v) is 8.41. The number of aromatic nitrogens is 3. The van der Waals surface area contributed by atoms with E-state index in [1.54, 1.807) is 29.5 Å². The highest BCUT2D eigenvalue weighted by Gasteiger charge is 2.11. The maximum Gasteiger partial charge on any atom is 0.321 e. The fraction of sp³-hybridized carbons (Fsp3) is 0.235. The highest BCUT2D eigenvalue weighted by Crippen LogP contribution is 2.15. The minimum Gasteiger partial charge on any atom is -0.322 e. The fourth-order valence-corrected chi connectivity index (χ4v) is 3.18. The first kappa shape index (κ1) is 16.2. The number of anilines is 1. The summed E-state index contributed by atoms with van der Waals surface area (Å²) in [5.74, 6) is 0. The second-order valence-corrected chi connectivity index (χ2v) is 6.86. The minimum absolute atomic E-state index is 0.141. The van der Waals surface area contributed by atoms with E-state index in [4.69, 9.17) is 0 Å². The fourth-order valence-electron chi connectivity index (χ4n) is 2.33. The first-order chi connectivity index (χ1) is 11.6. The lowest BCUT2D eigenvalue weighted by Crippen LogP contribution is -2.30. The van der Waals surface area contributed by atoms with E-state index >= 15 is 0 Å². The number of aryl methyl sites for hydroxylation is 1. The van der Waals surface area contributed by atoms with Gasteiger partial charge >= 0.3 is 6.03 Å². The molecule has 24 heavy (non-hydrogen) atoms. The van der Waals surface area contributed by atoms with Crippen LogP contribution in [-0.2, 0) is 13.1 Å². The van der Waals surface area contributed by atoms with Gasteiger partial charge in [-0.15, -0.1) is 11.3 Å². The van der Waals surface area contributed by atoms with E-state index in [1.165, 1.54) is 0 Å². The summed E-state index contributed by atoms with van der Waals surface area (Å²) in [5.41, 5.74) is 1.86. The van der Waals surface area contributed by atoms with Crippen molar-refractivity contribution in [1.82, 2.24) is 19.7 Å². The zero-order valence-corrected chi connectivity index (χ0v) is 14.5. The van der Waals surface area contributed by atoms with Gasteiger partial charge in [-0.2, -0.15) is 5.10 Å². The van der Waals surface area contributed by atoms with Crippen LogP contribution in [-0.4, -0.2) is 32.7 Å². The van der Waals surface area contributed by atoms with Gasteiger partial charge in [0.25, 0.3) is 0 Å². The van der Waals surface area contributed by atoms with Crippen LogP contribution in [0.2, 0.25) is 0 Å². The summed E-state index contributed by atoms with van der Waals surface area (Å²) < 4.78 is 1.85. The van der Waals surface area contributed by atoms with Crippen LogP contribution in [0.15, 0.2) is 48.9 Å². The van der Waals surface area contributed by atoms with Gasteiger partial charge in [0.05, 0.1) is 18.1 Å². The van der Waals surface area contributed by atoms with Gasteiger partial charge in [-0.3, -0.25) is 4.68 Å². The number of urea groups is 1. The number of nitrogens with zero attached hydrogens (tertiary/aromatic N) is 4. The minimum atomic E-state index is -0.141. The maximum atomic E-state index is 12.3. The van der Waals surface area contributed by atoms with Crippen LogP contribution in [0, 0.1) is 6.92 Å². The molecule has 0 spiro atoms. The standard InChI is InChI=1S/C17H19N5OS/c1-13-18-10-16(24-13)12-21(2)17(23)20-15-6-3-5-14(9-15)11-22-8-4-7-19-22/h3-10H,11-12H2,1-2H3,(H,20,23). The molecule has 0 atom stereocenters. The molecule has 2 amide bonds. The molecule has 6 nitrogen and oxygen atoms in total. The molecule has 0 fully saturated rings. The monoisotopic (exact) mass is 341 g/mol. The average molecular weight is 341 g/mol. The smallest absolute Gasteiger partial charge is 0.321 e. The van der Waals surface area contributed by atoms with Crippen LogP contribution in [0.25, 0.3) is 0 Å². The molecular formula is C17H19N5OS. The summed E-state index contributed by atoms with van der Waals surface area (Å²) in [7, 11) is 1.78. The summed E-state index contributed by atoms with van der Waals surface area (Å²) in [4.78, 5) is 19.3. The Kier molecular flexibility index (Phi) is 4.90. The molecule has 0 saturated heterocycles. The Labute approximate surface area is 144 Å². The average Bonchev–Trinajstić information content (AvgIpc) is 3.19. The number of benzene rings is 1. The van der Waals surface area contributed by atoms with Crippen LogP contribution in [0.3, 0.4) is 0 Å². The van der Waals surface area contributed by atoms with Crippen molar-refractivity contribution in [3.05, 3.63) is 64.4 Å². The highest BCUT2D eigenvalue weighted by molar-refractivity contribution is 7.11. The molecule has 0 aliphatic carbocycles. The Morgan fingerprint density at radius 3 is 2.96 bits per heavy atom. The van der Waals surface area contributed by atoms with Crippen molar-refractivity contribution in [2.75, 3.05) is 12.4 Å². The number of hydrogen-bond acceptors (Lipinski definition) is 4. The van der Waals surface area contributed by atoms with Gasteiger partial charge in [0, 0.05) is 36.2 Å². The number of rotatable bonds is 5. The molecular weight excluding hydrogens is 322 g/mol. The highest BCUT2D eigenvalue weighted by atomic mass is 32.1. The Hall–Kier alpha value is -2.67. The van der Waals surface area contributed by atoms with E-state index in [1.807, 2.05) is 54.3 Å². The van der Waals surface area contributed by atoms with Gasteiger partial charge < -0.3 is 10.2 Å². The van der Waals surface area contributed by atoms with E-state index in [0.717, 1.165) is 21.1 Å². The molecule has 0 radical (unpaired) electrons. The normalized spacial score (nSPS) is 10.6. The summed E-state index contributed by atoms with van der Waals surface area (Å²) in [5, 5.41) is 8.13. The summed E-state index contributed by atoms with van der Waals surface area (Å²) in [6.45, 7) is 3.18. The molecule has 2 aromatic heterocycles. The van der Waals surface area contributed by atoms with Gasteiger partial charge in [-0.1, -0.05) is 12.1 Å². The molecule has 0 saturated carbocycles. The molecule has 3 rings (SSSR count). The maximum absolute atomic E-state index is 12.3. The van der Waals surface area contributed by atoms with Crippen molar-refractivity contribution in [3.63, 3.8) is 0 Å². The first-order valence-electron chi connectivity index (χ1n) is 7.60. The number of carbonyl (C=O) groups is 1. The van der Waals surface area contributed by atoms with Crippen LogP contribution >= 0.6 is 11.3 Å². The lowest BCUT2D eigenvalue weighted by molar-refractivity contribution is 0.221. The quantitative estimate of drug-likeness (QED) is 0.774. The second-order valence-electron chi connectivity index (χ2n) is 5.54. The number of nitrogens with one attached hydrogen (secondary N) is 1. The SMILES string of the molecule is Cc1ncc(CN(C)C(=O)Nc2cccc(Cn3cccn3)c2)s1. The van der Waals surface area contributed by atoms with E-state index < -0.39 is 0 Å². The predicted molar refractivity (Wildman–Crippen MR) is 95.1 cm³/mol. The van der Waals surface area contributed by atoms with Crippen molar-refractivity contribution >= 4 is 23.1 Å². The number of amides is 2. The predicted octanol–water partition coefficient (Wildman–Crippen LogP) is 3.36. The van der Waals surface area contributed by atoms with Crippen molar-refractivity contribution in [1.29, 1.82) is 0 Å². The van der Waals surface area contributed by atoms with Crippen molar-refractivity contribution in [3.8, 4) is 0 Å². The van der Waals surface area contributed by atoms with Crippen LogP contribution < -0.4 is 5.32 Å². The Bertz CT molecular complexity index is 812. The third-order valence-electron chi connectivity index (χ3n) is 3.49. The van der Waals surface area contributed by atoms with Gasteiger partial charge in [0.1, 0.15) is 0 Å². The molecule has 3 aromatic rings.